The fourth-order valence-electron chi connectivity index (χ4n) is 3.70. The van der Waals surface area contributed by atoms with Gasteiger partial charge in [0, 0.05) is 25.0 Å². The van der Waals surface area contributed by atoms with Crippen LogP contribution in [0.15, 0.2) is 30.6 Å². The van der Waals surface area contributed by atoms with Gasteiger partial charge in [-0.25, -0.2) is 4.52 Å². The zero-order chi connectivity index (χ0) is 13.5. The van der Waals surface area contributed by atoms with E-state index in [4.69, 9.17) is 0 Å². The van der Waals surface area contributed by atoms with E-state index in [9.17, 15) is 4.79 Å². The lowest BCUT2D eigenvalue weighted by Crippen LogP contribution is -2.36. The van der Waals surface area contributed by atoms with E-state index >= 15 is 0 Å². The van der Waals surface area contributed by atoms with Crippen molar-refractivity contribution in [3.8, 4) is 0 Å². The number of amides is 1. The average molecular weight is 270 g/mol. The number of hydrogen-bond acceptors (Lipinski definition) is 3. The third kappa shape index (κ3) is 1.81. The van der Waals surface area contributed by atoms with Gasteiger partial charge in [0.25, 0.3) is 0 Å². The summed E-state index contributed by atoms with van der Waals surface area (Å²) in [5.74, 6) is 0.898. The summed E-state index contributed by atoms with van der Waals surface area (Å²) in [7, 11) is 0. The van der Waals surface area contributed by atoms with Gasteiger partial charge in [0.15, 0.2) is 0 Å². The van der Waals surface area contributed by atoms with E-state index in [0.717, 1.165) is 24.0 Å². The van der Waals surface area contributed by atoms with Crippen molar-refractivity contribution in [1.29, 1.82) is 0 Å². The fraction of sp³-hybridized carbons (Fsp3) is 0.467. The summed E-state index contributed by atoms with van der Waals surface area (Å²) < 4.78 is 1.84. The Balaban J connectivity index is 1.48. The molecule has 104 valence electrons. The van der Waals surface area contributed by atoms with Gasteiger partial charge >= 0.3 is 0 Å². The van der Waals surface area contributed by atoms with Crippen LogP contribution in [0.4, 0.5) is 0 Å². The van der Waals surface area contributed by atoms with Crippen LogP contribution in [0.2, 0.25) is 0 Å². The predicted molar refractivity (Wildman–Crippen MR) is 75.0 cm³/mol. The molecular formula is C15H18N4O. The summed E-state index contributed by atoms with van der Waals surface area (Å²) in [5.41, 5.74) is 2.16. The molecule has 20 heavy (non-hydrogen) atoms. The Labute approximate surface area is 117 Å². The summed E-state index contributed by atoms with van der Waals surface area (Å²) in [6.07, 6.45) is 6.03. The van der Waals surface area contributed by atoms with Crippen molar-refractivity contribution in [2.75, 3.05) is 6.54 Å². The molecule has 0 spiro atoms. The zero-order valence-corrected chi connectivity index (χ0v) is 11.2. The van der Waals surface area contributed by atoms with Gasteiger partial charge in [-0.2, -0.15) is 5.10 Å². The van der Waals surface area contributed by atoms with Crippen molar-refractivity contribution < 1.29 is 4.79 Å². The molecule has 2 aromatic rings. The predicted octanol–water partition coefficient (Wildman–Crippen LogP) is 0.948. The number of nitrogens with zero attached hydrogens (tertiary/aromatic N) is 2. The molecule has 1 saturated carbocycles. The molecular weight excluding hydrogens is 252 g/mol. The van der Waals surface area contributed by atoms with Crippen LogP contribution in [0.25, 0.3) is 5.52 Å². The zero-order valence-electron chi connectivity index (χ0n) is 11.2. The molecule has 0 unspecified atom stereocenters. The van der Waals surface area contributed by atoms with Crippen LogP contribution < -0.4 is 10.6 Å². The number of piperidine rings is 1. The van der Waals surface area contributed by atoms with Crippen LogP contribution in [0.1, 0.15) is 18.4 Å². The molecule has 0 radical (unpaired) electrons. The number of rotatable bonds is 3. The SMILES string of the molecule is O=C(NCc1cccn2nccc12)[C@@H]1[C@H]2CC[C@@H]1NC2. The van der Waals surface area contributed by atoms with Crippen molar-refractivity contribution in [3.05, 3.63) is 36.2 Å². The van der Waals surface area contributed by atoms with Crippen LogP contribution in [-0.4, -0.2) is 28.1 Å². The highest BCUT2D eigenvalue weighted by atomic mass is 16.2. The van der Waals surface area contributed by atoms with Gasteiger partial charge in [-0.05, 0) is 43.0 Å². The topological polar surface area (TPSA) is 58.4 Å². The lowest BCUT2D eigenvalue weighted by Gasteiger charge is -2.15. The number of nitrogens with one attached hydrogen (secondary N) is 2. The lowest BCUT2D eigenvalue weighted by molar-refractivity contribution is -0.125. The van der Waals surface area contributed by atoms with E-state index in [1.165, 1.54) is 6.42 Å². The first-order chi connectivity index (χ1) is 9.83. The second-order valence-electron chi connectivity index (χ2n) is 5.79. The van der Waals surface area contributed by atoms with Gasteiger partial charge in [0.05, 0.1) is 11.4 Å². The Hall–Kier alpha value is -1.88. The van der Waals surface area contributed by atoms with Gasteiger partial charge in [0.2, 0.25) is 5.91 Å². The van der Waals surface area contributed by atoms with Gasteiger partial charge in [-0.1, -0.05) is 6.07 Å². The molecule has 0 aromatic carbocycles. The highest BCUT2D eigenvalue weighted by Gasteiger charge is 2.45. The van der Waals surface area contributed by atoms with Crippen molar-refractivity contribution in [1.82, 2.24) is 20.2 Å². The van der Waals surface area contributed by atoms with Crippen LogP contribution in [0.5, 0.6) is 0 Å². The normalized spacial score (nSPS) is 28.1. The van der Waals surface area contributed by atoms with Crippen LogP contribution in [-0.2, 0) is 11.3 Å². The minimum Gasteiger partial charge on any atom is -0.352 e. The number of aromatic nitrogens is 2. The van der Waals surface area contributed by atoms with Crippen molar-refractivity contribution in [2.24, 2.45) is 11.8 Å². The van der Waals surface area contributed by atoms with E-state index in [0.29, 0.717) is 18.5 Å². The molecule has 3 heterocycles. The first-order valence-corrected chi connectivity index (χ1v) is 7.25. The van der Waals surface area contributed by atoms with Crippen LogP contribution in [0.3, 0.4) is 0 Å². The van der Waals surface area contributed by atoms with Gasteiger partial charge < -0.3 is 10.6 Å². The van der Waals surface area contributed by atoms with Crippen LogP contribution in [0, 0.1) is 11.8 Å². The highest BCUT2D eigenvalue weighted by molar-refractivity contribution is 5.80. The summed E-state index contributed by atoms with van der Waals surface area (Å²) >= 11 is 0. The first-order valence-electron chi connectivity index (χ1n) is 7.25. The quantitative estimate of drug-likeness (QED) is 0.873. The van der Waals surface area contributed by atoms with Crippen molar-refractivity contribution in [3.63, 3.8) is 0 Å². The average Bonchev–Trinajstić information content (AvgIpc) is 3.19. The Kier molecular flexibility index (Phi) is 2.73. The standard InChI is InChI=1S/C15H18N4O/c20-15(14-11-3-4-12(14)16-9-11)17-8-10-2-1-7-19-13(10)5-6-18-19/h1-2,5-7,11-12,14,16H,3-4,8-9H2,(H,17,20)/t11-,12-,14+/m0/s1. The lowest BCUT2D eigenvalue weighted by atomic mass is 9.97. The van der Waals surface area contributed by atoms with Crippen molar-refractivity contribution in [2.45, 2.75) is 25.4 Å². The number of pyridine rings is 1. The van der Waals surface area contributed by atoms with E-state index in [2.05, 4.69) is 15.7 Å². The maximum atomic E-state index is 12.4. The number of hydrogen-bond donors (Lipinski definition) is 2. The minimum atomic E-state index is 0.166. The molecule has 2 N–H and O–H groups in total. The second kappa shape index (κ2) is 4.59. The smallest absolute Gasteiger partial charge is 0.225 e. The Morgan fingerprint density at radius 3 is 3.15 bits per heavy atom. The molecule has 5 nitrogen and oxygen atoms in total. The molecule has 2 aromatic heterocycles. The van der Waals surface area contributed by atoms with Gasteiger partial charge in [-0.3, -0.25) is 4.79 Å². The Morgan fingerprint density at radius 2 is 2.40 bits per heavy atom. The molecule has 2 fully saturated rings. The number of carbonyl (C=O) groups excluding carboxylic acids is 1. The fourth-order valence-corrected chi connectivity index (χ4v) is 3.70. The van der Waals surface area contributed by atoms with E-state index in [1.54, 1.807) is 6.20 Å². The van der Waals surface area contributed by atoms with Crippen LogP contribution >= 0.6 is 0 Å². The van der Waals surface area contributed by atoms with E-state index in [1.807, 2.05) is 28.9 Å². The minimum absolute atomic E-state index is 0.166. The second-order valence-corrected chi connectivity index (χ2v) is 5.79. The molecule has 1 saturated heterocycles. The summed E-state index contributed by atoms with van der Waals surface area (Å²) in [4.78, 5) is 12.4. The first kappa shape index (κ1) is 11.9. The Bertz CT molecular complexity index is 630. The molecule has 4 rings (SSSR count). The molecule has 2 bridgehead atoms. The molecule has 1 aliphatic heterocycles. The van der Waals surface area contributed by atoms with Gasteiger partial charge in [0.1, 0.15) is 0 Å². The largest absolute Gasteiger partial charge is 0.352 e. The maximum Gasteiger partial charge on any atom is 0.225 e. The monoisotopic (exact) mass is 270 g/mol. The molecule has 2 aliphatic rings. The summed E-state index contributed by atoms with van der Waals surface area (Å²) in [5, 5.41) is 10.8. The molecule has 1 aliphatic carbocycles. The molecule has 5 heteroatoms. The van der Waals surface area contributed by atoms with E-state index in [-0.39, 0.29) is 11.8 Å². The number of fused-ring (bicyclic) bond motifs is 3. The van der Waals surface area contributed by atoms with Crippen molar-refractivity contribution >= 4 is 11.4 Å². The molecule has 3 atom stereocenters. The maximum absolute atomic E-state index is 12.4. The highest BCUT2D eigenvalue weighted by Crippen LogP contribution is 2.36. The molecule has 1 amide bonds. The number of carbonyl (C=O) groups is 1. The third-order valence-electron chi connectivity index (χ3n) is 4.71. The Morgan fingerprint density at radius 1 is 1.45 bits per heavy atom. The summed E-state index contributed by atoms with van der Waals surface area (Å²) in [6, 6.07) is 6.37. The van der Waals surface area contributed by atoms with E-state index < -0.39 is 0 Å². The van der Waals surface area contributed by atoms with Gasteiger partial charge in [-0.15, -0.1) is 0 Å². The summed E-state index contributed by atoms with van der Waals surface area (Å²) in [6.45, 7) is 1.58. The third-order valence-corrected chi connectivity index (χ3v) is 4.71.